The minimum atomic E-state index is -1.01. The summed E-state index contributed by atoms with van der Waals surface area (Å²) in [4.78, 5) is 18.2. The van der Waals surface area contributed by atoms with E-state index < -0.39 is 5.60 Å². The van der Waals surface area contributed by atoms with Crippen molar-refractivity contribution in [3.8, 4) is 0 Å². The van der Waals surface area contributed by atoms with Crippen LogP contribution in [0.3, 0.4) is 0 Å². The first-order chi connectivity index (χ1) is 10.5. The summed E-state index contributed by atoms with van der Waals surface area (Å²) in [7, 11) is 1.72. The molecular weight excluding hydrogens is 302 g/mol. The number of hydrogen-bond acceptors (Lipinski definition) is 4. The van der Waals surface area contributed by atoms with Crippen molar-refractivity contribution in [3.63, 3.8) is 0 Å². The fourth-order valence-electron chi connectivity index (χ4n) is 2.62. The maximum atomic E-state index is 12.5. The third-order valence-electron chi connectivity index (χ3n) is 3.85. The number of rotatable bonds is 3. The molecule has 1 saturated heterocycles. The third-order valence-corrected chi connectivity index (χ3v) is 4.10. The molecule has 3 rings (SSSR count). The SMILES string of the molecule is CNc1ncccc1C(=O)N1CC(O)(c2ccc(Cl)cc2)C1. The topological polar surface area (TPSA) is 65.5 Å². The van der Waals surface area contributed by atoms with Crippen molar-refractivity contribution in [2.24, 2.45) is 0 Å². The van der Waals surface area contributed by atoms with E-state index in [0.29, 0.717) is 16.4 Å². The summed E-state index contributed by atoms with van der Waals surface area (Å²) < 4.78 is 0. The van der Waals surface area contributed by atoms with E-state index in [0.717, 1.165) is 5.56 Å². The summed E-state index contributed by atoms with van der Waals surface area (Å²) in [6, 6.07) is 10.5. The van der Waals surface area contributed by atoms with Crippen molar-refractivity contribution in [1.82, 2.24) is 9.88 Å². The molecule has 0 saturated carbocycles. The molecular formula is C16H16ClN3O2. The number of amides is 1. The van der Waals surface area contributed by atoms with E-state index in [1.54, 1.807) is 54.5 Å². The van der Waals surface area contributed by atoms with E-state index in [1.807, 2.05) is 0 Å². The van der Waals surface area contributed by atoms with Gasteiger partial charge in [0.15, 0.2) is 0 Å². The average Bonchev–Trinajstić information content (AvgIpc) is 2.52. The molecule has 1 amide bonds. The highest BCUT2D eigenvalue weighted by Gasteiger charge is 2.45. The highest BCUT2D eigenvalue weighted by Crippen LogP contribution is 2.34. The lowest BCUT2D eigenvalue weighted by molar-refractivity contribution is -0.0863. The fourth-order valence-corrected chi connectivity index (χ4v) is 2.74. The molecule has 0 bridgehead atoms. The second-order valence-corrected chi connectivity index (χ2v) is 5.79. The predicted octanol–water partition coefficient (Wildman–Crippen LogP) is 2.12. The summed E-state index contributed by atoms with van der Waals surface area (Å²) in [6.45, 7) is 0.511. The van der Waals surface area contributed by atoms with Crippen molar-refractivity contribution < 1.29 is 9.90 Å². The van der Waals surface area contributed by atoms with Gasteiger partial charge >= 0.3 is 0 Å². The van der Waals surface area contributed by atoms with Crippen LogP contribution in [0.15, 0.2) is 42.6 Å². The molecule has 0 radical (unpaired) electrons. The van der Waals surface area contributed by atoms with Gasteiger partial charge in [-0.1, -0.05) is 23.7 Å². The standard InChI is InChI=1S/C16H16ClN3O2/c1-18-14-13(3-2-8-19-14)15(21)20-9-16(22,10-20)11-4-6-12(17)7-5-11/h2-8,22H,9-10H2,1H3,(H,18,19). The number of carbonyl (C=O) groups excluding carboxylic acids is 1. The Morgan fingerprint density at radius 2 is 2.00 bits per heavy atom. The minimum Gasteiger partial charge on any atom is -0.381 e. The maximum Gasteiger partial charge on any atom is 0.257 e. The summed E-state index contributed by atoms with van der Waals surface area (Å²) in [5.41, 5.74) is 0.256. The van der Waals surface area contributed by atoms with Crippen LogP contribution in [0.1, 0.15) is 15.9 Å². The normalized spacial score (nSPS) is 16.0. The van der Waals surface area contributed by atoms with Crippen LogP contribution in [0.2, 0.25) is 5.02 Å². The number of anilines is 1. The first kappa shape index (κ1) is 14.8. The number of hydrogen-bond donors (Lipinski definition) is 2. The Balaban J connectivity index is 1.75. The van der Waals surface area contributed by atoms with Crippen LogP contribution in [0.5, 0.6) is 0 Å². The second-order valence-electron chi connectivity index (χ2n) is 5.35. The summed E-state index contributed by atoms with van der Waals surface area (Å²) in [6.07, 6.45) is 1.63. The molecule has 1 fully saturated rings. The Kier molecular flexibility index (Phi) is 3.76. The largest absolute Gasteiger partial charge is 0.381 e. The molecule has 1 aromatic carbocycles. The van der Waals surface area contributed by atoms with Gasteiger partial charge in [0.25, 0.3) is 5.91 Å². The number of likely N-dealkylation sites (tertiary alicyclic amines) is 1. The quantitative estimate of drug-likeness (QED) is 0.910. The van der Waals surface area contributed by atoms with Gasteiger partial charge in [-0.3, -0.25) is 4.79 Å². The third kappa shape index (κ3) is 2.53. The monoisotopic (exact) mass is 317 g/mol. The van der Waals surface area contributed by atoms with E-state index in [9.17, 15) is 9.90 Å². The molecule has 22 heavy (non-hydrogen) atoms. The van der Waals surface area contributed by atoms with Crippen LogP contribution >= 0.6 is 11.6 Å². The minimum absolute atomic E-state index is 0.143. The molecule has 114 valence electrons. The molecule has 0 unspecified atom stereocenters. The first-order valence-corrected chi connectivity index (χ1v) is 7.32. The van der Waals surface area contributed by atoms with Crippen LogP contribution in [-0.4, -0.2) is 41.0 Å². The number of carbonyl (C=O) groups is 1. The van der Waals surface area contributed by atoms with Crippen molar-refractivity contribution in [2.45, 2.75) is 5.60 Å². The molecule has 6 heteroatoms. The highest BCUT2D eigenvalue weighted by atomic mass is 35.5. The van der Waals surface area contributed by atoms with Gasteiger partial charge in [0.2, 0.25) is 0 Å². The number of β-amino-alcohol motifs (C(OH)–C–C–N with tert-alkyl or cyclic N) is 1. The van der Waals surface area contributed by atoms with Gasteiger partial charge in [0, 0.05) is 18.3 Å². The van der Waals surface area contributed by atoms with E-state index in [1.165, 1.54) is 0 Å². The Morgan fingerprint density at radius 3 is 2.64 bits per heavy atom. The summed E-state index contributed by atoms with van der Waals surface area (Å²) >= 11 is 5.86. The van der Waals surface area contributed by atoms with E-state index in [4.69, 9.17) is 11.6 Å². The Morgan fingerprint density at radius 1 is 1.32 bits per heavy atom. The van der Waals surface area contributed by atoms with Crippen molar-refractivity contribution in [2.75, 3.05) is 25.5 Å². The molecule has 1 aliphatic heterocycles. The number of pyridine rings is 1. The van der Waals surface area contributed by atoms with Crippen LogP contribution in [-0.2, 0) is 5.60 Å². The zero-order valence-corrected chi connectivity index (χ0v) is 12.8. The lowest BCUT2D eigenvalue weighted by Crippen LogP contribution is -2.61. The van der Waals surface area contributed by atoms with Gasteiger partial charge in [-0.2, -0.15) is 0 Å². The van der Waals surface area contributed by atoms with E-state index >= 15 is 0 Å². The predicted molar refractivity (Wildman–Crippen MR) is 85.0 cm³/mol. The maximum absolute atomic E-state index is 12.5. The molecule has 0 atom stereocenters. The lowest BCUT2D eigenvalue weighted by Gasteiger charge is -2.46. The van der Waals surface area contributed by atoms with Gasteiger partial charge in [0.1, 0.15) is 11.4 Å². The fraction of sp³-hybridized carbons (Fsp3) is 0.250. The van der Waals surface area contributed by atoms with Crippen molar-refractivity contribution in [1.29, 1.82) is 0 Å². The van der Waals surface area contributed by atoms with Gasteiger partial charge in [-0.05, 0) is 29.8 Å². The number of aromatic nitrogens is 1. The van der Waals surface area contributed by atoms with Crippen molar-refractivity contribution >= 4 is 23.3 Å². The number of halogens is 1. The van der Waals surface area contributed by atoms with Crippen LogP contribution in [0.4, 0.5) is 5.82 Å². The molecule has 2 aromatic rings. The molecule has 1 aromatic heterocycles. The van der Waals surface area contributed by atoms with E-state index in [-0.39, 0.29) is 19.0 Å². The average molecular weight is 318 g/mol. The van der Waals surface area contributed by atoms with Crippen molar-refractivity contribution in [3.05, 3.63) is 58.7 Å². The molecule has 0 aliphatic carbocycles. The number of nitrogens with zero attached hydrogens (tertiary/aromatic N) is 2. The zero-order chi connectivity index (χ0) is 15.7. The zero-order valence-electron chi connectivity index (χ0n) is 12.1. The molecule has 0 spiro atoms. The van der Waals surface area contributed by atoms with Crippen LogP contribution < -0.4 is 5.32 Å². The highest BCUT2D eigenvalue weighted by molar-refractivity contribution is 6.30. The van der Waals surface area contributed by atoms with E-state index in [2.05, 4.69) is 10.3 Å². The molecule has 2 N–H and O–H groups in total. The second kappa shape index (κ2) is 5.59. The number of nitrogens with one attached hydrogen (secondary N) is 1. The molecule has 1 aliphatic rings. The lowest BCUT2D eigenvalue weighted by atomic mass is 9.85. The Labute approximate surface area is 133 Å². The van der Waals surface area contributed by atoms with Crippen LogP contribution in [0, 0.1) is 0 Å². The first-order valence-electron chi connectivity index (χ1n) is 6.94. The molecule has 2 heterocycles. The Hall–Kier alpha value is -2.11. The number of aliphatic hydroxyl groups is 1. The van der Waals surface area contributed by atoms with Gasteiger partial charge < -0.3 is 15.3 Å². The molecule has 5 nitrogen and oxygen atoms in total. The van der Waals surface area contributed by atoms with Crippen LogP contribution in [0.25, 0.3) is 0 Å². The smallest absolute Gasteiger partial charge is 0.257 e. The van der Waals surface area contributed by atoms with Gasteiger partial charge in [0.05, 0.1) is 18.7 Å². The van der Waals surface area contributed by atoms with Gasteiger partial charge in [-0.25, -0.2) is 4.98 Å². The number of benzene rings is 1. The Bertz CT molecular complexity index is 697. The van der Waals surface area contributed by atoms with Gasteiger partial charge in [-0.15, -0.1) is 0 Å². The summed E-state index contributed by atoms with van der Waals surface area (Å²) in [5.74, 6) is 0.394. The summed E-state index contributed by atoms with van der Waals surface area (Å²) in [5, 5.41) is 14.1.